The average Bonchev–Trinajstić information content (AvgIpc) is 2.60. The van der Waals surface area contributed by atoms with Crippen molar-refractivity contribution < 1.29 is 0 Å². The summed E-state index contributed by atoms with van der Waals surface area (Å²) in [6.45, 7) is 2.13. The minimum atomic E-state index is -0.219. The van der Waals surface area contributed by atoms with Crippen LogP contribution in [0.15, 0.2) is 24.4 Å². The fourth-order valence-corrected chi connectivity index (χ4v) is 2.85. The van der Waals surface area contributed by atoms with Gasteiger partial charge < -0.3 is 26.6 Å². The van der Waals surface area contributed by atoms with Gasteiger partial charge >= 0.3 is 0 Å². The Labute approximate surface area is 176 Å². The number of rotatable bonds is 11. The van der Waals surface area contributed by atoms with E-state index in [2.05, 4.69) is 45.4 Å². The largest absolute Gasteiger partial charge is 0.405 e. The number of nitrogens with two attached hydrogens (primary N) is 2. The van der Waals surface area contributed by atoms with Crippen LogP contribution in [0, 0.1) is 16.2 Å². The van der Waals surface area contributed by atoms with Gasteiger partial charge in [-0.3, -0.25) is 21.5 Å². The van der Waals surface area contributed by atoms with Gasteiger partial charge in [-0.05, 0) is 38.0 Å². The summed E-state index contributed by atoms with van der Waals surface area (Å²) < 4.78 is 0.466. The third-order valence-corrected chi connectivity index (χ3v) is 4.76. The zero-order chi connectivity index (χ0) is 20.7. The standard InChI is InChI=1S/C17H34IN9/c1-26(16(22)24-11-7-10-19)13-6-9-14(18)8-4-3-5-12-27(2)17(23)25-15(20)21/h4,7-8,10,14H,3,5-6,9,11-13,19H2,1-2H3,(H2,22,24)(H5,20,21,23,25)/b8-4-,10-7+. The van der Waals surface area contributed by atoms with Crippen LogP contribution in [0.2, 0.25) is 0 Å². The first-order chi connectivity index (χ1) is 12.8. The third kappa shape index (κ3) is 13.8. The van der Waals surface area contributed by atoms with Crippen LogP contribution in [0.4, 0.5) is 0 Å². The van der Waals surface area contributed by atoms with Crippen LogP contribution >= 0.6 is 22.6 Å². The molecule has 0 radical (unpaired) electrons. The molecule has 0 spiro atoms. The zero-order valence-electron chi connectivity index (χ0n) is 16.3. The van der Waals surface area contributed by atoms with Gasteiger partial charge in [0.25, 0.3) is 0 Å². The number of alkyl halides is 1. The minimum Gasteiger partial charge on any atom is -0.405 e. The van der Waals surface area contributed by atoms with Crippen molar-refractivity contribution in [3.05, 3.63) is 24.4 Å². The van der Waals surface area contributed by atoms with Crippen LogP contribution in [0.25, 0.3) is 0 Å². The van der Waals surface area contributed by atoms with Crippen molar-refractivity contribution in [1.29, 1.82) is 16.2 Å². The number of allylic oxidation sites excluding steroid dienone is 2. The lowest BCUT2D eigenvalue weighted by molar-refractivity contribution is 0.463. The van der Waals surface area contributed by atoms with Crippen molar-refractivity contribution in [2.75, 3.05) is 33.7 Å². The molecule has 0 aromatic rings. The summed E-state index contributed by atoms with van der Waals surface area (Å²) in [5, 5.41) is 28.2. The Morgan fingerprint density at radius 2 is 1.70 bits per heavy atom. The molecule has 9 N–H and O–H groups in total. The SMILES string of the molecule is CN(CCCC(I)/C=C\CCCN(C)C(=N)NC(=N)N)C(=N)NC/C=C/N. The second-order valence-electron chi connectivity index (χ2n) is 6.12. The van der Waals surface area contributed by atoms with E-state index in [1.54, 1.807) is 18.0 Å². The maximum atomic E-state index is 7.90. The average molecular weight is 491 g/mol. The highest BCUT2D eigenvalue weighted by Gasteiger charge is 2.06. The molecule has 1 atom stereocenters. The Morgan fingerprint density at radius 1 is 1.07 bits per heavy atom. The van der Waals surface area contributed by atoms with E-state index in [4.69, 9.17) is 27.7 Å². The van der Waals surface area contributed by atoms with E-state index < -0.39 is 0 Å². The molecule has 0 saturated carbocycles. The molecule has 0 bridgehead atoms. The fraction of sp³-hybridized carbons (Fsp3) is 0.588. The van der Waals surface area contributed by atoms with Crippen LogP contribution in [0.1, 0.15) is 25.7 Å². The molecule has 9 nitrogen and oxygen atoms in total. The van der Waals surface area contributed by atoms with Crippen molar-refractivity contribution in [2.45, 2.75) is 29.6 Å². The Balaban J connectivity index is 3.86. The maximum Gasteiger partial charge on any atom is 0.197 e. The molecule has 0 aliphatic carbocycles. The maximum absolute atomic E-state index is 7.90. The Morgan fingerprint density at radius 3 is 2.33 bits per heavy atom. The zero-order valence-corrected chi connectivity index (χ0v) is 18.4. The second-order valence-corrected chi connectivity index (χ2v) is 7.72. The van der Waals surface area contributed by atoms with Gasteiger partial charge in [0.1, 0.15) is 0 Å². The molecule has 154 valence electrons. The first-order valence-electron chi connectivity index (χ1n) is 8.89. The first-order valence-corrected chi connectivity index (χ1v) is 10.1. The monoisotopic (exact) mass is 491 g/mol. The van der Waals surface area contributed by atoms with Crippen LogP contribution in [0.5, 0.6) is 0 Å². The molecule has 27 heavy (non-hydrogen) atoms. The van der Waals surface area contributed by atoms with E-state index in [0.717, 1.165) is 38.8 Å². The first kappa shape index (κ1) is 25.0. The van der Waals surface area contributed by atoms with Crippen molar-refractivity contribution in [3.8, 4) is 0 Å². The Bertz CT molecular complexity index is 519. The Kier molecular flexibility index (Phi) is 14.0. The predicted octanol–water partition coefficient (Wildman–Crippen LogP) is 1.18. The highest BCUT2D eigenvalue weighted by molar-refractivity contribution is 14.1. The van der Waals surface area contributed by atoms with Crippen LogP contribution in [-0.4, -0.2) is 65.3 Å². The van der Waals surface area contributed by atoms with Crippen LogP contribution < -0.4 is 22.1 Å². The van der Waals surface area contributed by atoms with Gasteiger partial charge in [-0.1, -0.05) is 34.7 Å². The number of unbranched alkanes of at least 4 members (excludes halogenated alkanes) is 1. The number of guanidine groups is 3. The number of halogens is 1. The van der Waals surface area contributed by atoms with Gasteiger partial charge in [-0.25, -0.2) is 0 Å². The Hall–Kier alpha value is -1.98. The third-order valence-electron chi connectivity index (χ3n) is 3.72. The van der Waals surface area contributed by atoms with E-state index >= 15 is 0 Å². The topological polar surface area (TPSA) is 154 Å². The highest BCUT2D eigenvalue weighted by atomic mass is 127. The molecule has 0 fully saturated rings. The summed E-state index contributed by atoms with van der Waals surface area (Å²) in [7, 11) is 3.72. The van der Waals surface area contributed by atoms with Crippen LogP contribution in [0.3, 0.4) is 0 Å². The number of nitrogens with one attached hydrogen (secondary N) is 5. The molecule has 0 amide bonds. The molecule has 0 aliphatic rings. The lowest BCUT2D eigenvalue weighted by Gasteiger charge is -2.20. The molecule has 0 heterocycles. The quantitative estimate of drug-likeness (QED) is 0.0575. The van der Waals surface area contributed by atoms with E-state index in [0.29, 0.717) is 16.4 Å². The molecule has 10 heteroatoms. The van der Waals surface area contributed by atoms with Crippen molar-refractivity contribution >= 4 is 40.5 Å². The van der Waals surface area contributed by atoms with Crippen molar-refractivity contribution in [3.63, 3.8) is 0 Å². The lowest BCUT2D eigenvalue weighted by Crippen LogP contribution is -2.44. The van der Waals surface area contributed by atoms with E-state index in [9.17, 15) is 0 Å². The van der Waals surface area contributed by atoms with E-state index in [-0.39, 0.29) is 11.9 Å². The molecular formula is C17H34IN9. The van der Waals surface area contributed by atoms with Crippen LogP contribution in [-0.2, 0) is 0 Å². The molecule has 0 aromatic carbocycles. The number of nitrogens with zero attached hydrogens (tertiary/aromatic N) is 2. The van der Waals surface area contributed by atoms with Crippen molar-refractivity contribution in [1.82, 2.24) is 20.4 Å². The lowest BCUT2D eigenvalue weighted by atomic mass is 10.2. The molecule has 0 saturated heterocycles. The summed E-state index contributed by atoms with van der Waals surface area (Å²) in [5.74, 6) is 0.326. The van der Waals surface area contributed by atoms with Gasteiger partial charge in [0.15, 0.2) is 17.9 Å². The minimum absolute atomic E-state index is 0.140. The van der Waals surface area contributed by atoms with Gasteiger partial charge in [0.05, 0.1) is 0 Å². The summed E-state index contributed by atoms with van der Waals surface area (Å²) in [5.41, 5.74) is 10.5. The summed E-state index contributed by atoms with van der Waals surface area (Å²) in [4.78, 5) is 3.64. The predicted molar refractivity (Wildman–Crippen MR) is 123 cm³/mol. The summed E-state index contributed by atoms with van der Waals surface area (Å²) >= 11 is 2.43. The van der Waals surface area contributed by atoms with Crippen molar-refractivity contribution in [2.24, 2.45) is 11.5 Å². The summed E-state index contributed by atoms with van der Waals surface area (Å²) in [6, 6.07) is 0. The normalized spacial score (nSPS) is 12.1. The number of hydrogen-bond donors (Lipinski definition) is 7. The molecule has 0 rings (SSSR count). The molecule has 0 aromatic heterocycles. The van der Waals surface area contributed by atoms with Gasteiger partial charge in [-0.15, -0.1) is 0 Å². The number of hydrogen-bond acceptors (Lipinski definition) is 4. The van der Waals surface area contributed by atoms with Gasteiger partial charge in [-0.2, -0.15) is 0 Å². The fourth-order valence-electron chi connectivity index (χ4n) is 2.12. The molecule has 1 unspecified atom stereocenters. The summed E-state index contributed by atoms with van der Waals surface area (Å²) in [6.07, 6.45) is 11.6. The highest BCUT2D eigenvalue weighted by Crippen LogP contribution is 2.11. The molecular weight excluding hydrogens is 457 g/mol. The van der Waals surface area contributed by atoms with E-state index in [1.165, 1.54) is 6.20 Å². The van der Waals surface area contributed by atoms with E-state index in [1.807, 2.05) is 11.9 Å². The second kappa shape index (κ2) is 15.1. The smallest absolute Gasteiger partial charge is 0.197 e. The van der Waals surface area contributed by atoms with Gasteiger partial charge in [0.2, 0.25) is 0 Å². The molecule has 0 aliphatic heterocycles. The van der Waals surface area contributed by atoms with Gasteiger partial charge in [0, 0.05) is 37.7 Å².